The highest BCUT2D eigenvalue weighted by Gasteiger charge is 2.29. The zero-order valence-corrected chi connectivity index (χ0v) is 19.4. The first-order valence-corrected chi connectivity index (χ1v) is 11.3. The molecule has 3 aromatic rings. The third kappa shape index (κ3) is 4.14. The molecule has 0 amide bonds. The van der Waals surface area contributed by atoms with Gasteiger partial charge in [0.2, 0.25) is 5.28 Å². The third-order valence-electron chi connectivity index (χ3n) is 5.40. The summed E-state index contributed by atoms with van der Waals surface area (Å²) < 4.78 is 16.2. The molecule has 0 spiro atoms. The lowest BCUT2D eigenvalue weighted by Gasteiger charge is -2.18. The van der Waals surface area contributed by atoms with Crippen molar-refractivity contribution >= 4 is 50.6 Å². The van der Waals surface area contributed by atoms with E-state index >= 15 is 0 Å². The number of fused-ring (bicyclic) bond motifs is 2. The Balaban J connectivity index is 1.84. The highest BCUT2D eigenvalue weighted by atomic mass is 35.5. The fraction of sp³-hybridized carbons (Fsp3) is 0.409. The monoisotopic (exact) mass is 461 g/mol. The summed E-state index contributed by atoms with van der Waals surface area (Å²) in [5, 5.41) is 4.85. The lowest BCUT2D eigenvalue weighted by molar-refractivity contribution is 0.0526. The van der Waals surface area contributed by atoms with E-state index in [-0.39, 0.29) is 11.3 Å². The highest BCUT2D eigenvalue weighted by molar-refractivity contribution is 7.16. The van der Waals surface area contributed by atoms with Crippen molar-refractivity contribution in [2.75, 3.05) is 26.1 Å². The predicted octanol–water partition coefficient (Wildman–Crippen LogP) is 5.41. The number of rotatable bonds is 6. The molecule has 0 fully saturated rings. The van der Waals surface area contributed by atoms with Crippen LogP contribution in [-0.2, 0) is 17.6 Å². The van der Waals surface area contributed by atoms with Crippen molar-refractivity contribution in [3.8, 4) is 11.5 Å². The van der Waals surface area contributed by atoms with E-state index in [4.69, 9.17) is 25.8 Å². The zero-order chi connectivity index (χ0) is 22.1. The molecule has 1 unspecified atom stereocenters. The van der Waals surface area contributed by atoms with Gasteiger partial charge < -0.3 is 19.5 Å². The van der Waals surface area contributed by atoms with E-state index < -0.39 is 0 Å². The van der Waals surface area contributed by atoms with Crippen LogP contribution >= 0.6 is 22.9 Å². The maximum atomic E-state index is 12.8. The number of methoxy groups -OCH3 is 2. The van der Waals surface area contributed by atoms with Crippen LogP contribution in [0.3, 0.4) is 0 Å². The topological polar surface area (TPSA) is 82.6 Å². The van der Waals surface area contributed by atoms with Gasteiger partial charge in [-0.05, 0) is 55.3 Å². The molecule has 1 aromatic carbocycles. The smallest absolute Gasteiger partial charge is 0.341 e. The molecule has 1 aliphatic rings. The second-order valence-corrected chi connectivity index (χ2v) is 8.91. The molecule has 0 aliphatic heterocycles. The van der Waals surface area contributed by atoms with Crippen LogP contribution in [0, 0.1) is 5.92 Å². The summed E-state index contributed by atoms with van der Waals surface area (Å²) in [4.78, 5) is 22.8. The summed E-state index contributed by atoms with van der Waals surface area (Å²) in [5.41, 5.74) is 2.28. The van der Waals surface area contributed by atoms with Gasteiger partial charge in [-0.3, -0.25) is 0 Å². The Morgan fingerprint density at radius 2 is 2.00 bits per heavy atom. The number of esters is 1. The number of halogens is 1. The Hall–Kier alpha value is -2.58. The van der Waals surface area contributed by atoms with E-state index in [0.717, 1.165) is 24.8 Å². The Kier molecular flexibility index (Phi) is 6.20. The van der Waals surface area contributed by atoms with Crippen molar-refractivity contribution in [2.45, 2.75) is 33.1 Å². The molecule has 1 aliphatic carbocycles. The van der Waals surface area contributed by atoms with E-state index in [1.165, 1.54) is 4.88 Å². The summed E-state index contributed by atoms with van der Waals surface area (Å²) in [6.45, 7) is 4.36. The van der Waals surface area contributed by atoms with Crippen LogP contribution in [0.5, 0.6) is 11.5 Å². The lowest BCUT2D eigenvalue weighted by Crippen LogP contribution is -2.14. The first-order chi connectivity index (χ1) is 14.9. The number of hydrogen-bond acceptors (Lipinski definition) is 8. The third-order valence-corrected chi connectivity index (χ3v) is 6.74. The van der Waals surface area contributed by atoms with Crippen LogP contribution in [0.1, 0.15) is 41.1 Å². The molecule has 1 N–H and O–H groups in total. The number of hydrogen-bond donors (Lipinski definition) is 1. The number of nitrogens with zero attached hydrogens (tertiary/aromatic N) is 2. The summed E-state index contributed by atoms with van der Waals surface area (Å²) in [7, 11) is 3.13. The van der Waals surface area contributed by atoms with E-state index in [9.17, 15) is 4.79 Å². The molecule has 0 saturated heterocycles. The van der Waals surface area contributed by atoms with Crippen LogP contribution in [0.15, 0.2) is 12.1 Å². The molecule has 164 valence electrons. The van der Waals surface area contributed by atoms with Crippen molar-refractivity contribution < 1.29 is 19.0 Å². The number of carbonyl (C=O) groups is 1. The number of ether oxygens (including phenoxy) is 3. The highest BCUT2D eigenvalue weighted by Crippen LogP contribution is 2.42. The molecule has 31 heavy (non-hydrogen) atoms. The minimum Gasteiger partial charge on any atom is -0.493 e. The van der Waals surface area contributed by atoms with Crippen molar-refractivity contribution in [1.82, 2.24) is 9.97 Å². The average molecular weight is 462 g/mol. The second kappa shape index (κ2) is 8.88. The number of thiophene rings is 1. The Morgan fingerprint density at radius 3 is 2.71 bits per heavy atom. The predicted molar refractivity (Wildman–Crippen MR) is 122 cm³/mol. The molecule has 0 saturated carbocycles. The minimum atomic E-state index is -0.319. The fourth-order valence-electron chi connectivity index (χ4n) is 3.89. The van der Waals surface area contributed by atoms with Gasteiger partial charge in [0.25, 0.3) is 0 Å². The van der Waals surface area contributed by atoms with Gasteiger partial charge in [0, 0.05) is 16.3 Å². The molecule has 9 heteroatoms. The molecular formula is C22H24ClN3O4S. The zero-order valence-electron chi connectivity index (χ0n) is 17.9. The van der Waals surface area contributed by atoms with Gasteiger partial charge in [-0.2, -0.15) is 4.98 Å². The quantitative estimate of drug-likeness (QED) is 0.388. The Bertz CT molecular complexity index is 1150. The molecule has 1 atom stereocenters. The van der Waals surface area contributed by atoms with Gasteiger partial charge in [-0.15, -0.1) is 11.3 Å². The Labute approximate surface area is 189 Å². The molecule has 2 aromatic heterocycles. The van der Waals surface area contributed by atoms with E-state index in [1.54, 1.807) is 37.7 Å². The molecule has 0 bridgehead atoms. The SMILES string of the molecule is CCOC(=O)c1c(Nc2nc(Cl)nc3cc(OC)c(OC)cc23)sc2c1CCC(C)C2. The average Bonchev–Trinajstić information content (AvgIpc) is 3.09. The van der Waals surface area contributed by atoms with Gasteiger partial charge in [-0.25, -0.2) is 9.78 Å². The van der Waals surface area contributed by atoms with Gasteiger partial charge in [0.1, 0.15) is 10.8 Å². The summed E-state index contributed by atoms with van der Waals surface area (Å²) in [6.07, 6.45) is 2.86. The molecule has 0 radical (unpaired) electrons. The number of anilines is 2. The second-order valence-electron chi connectivity index (χ2n) is 7.47. The van der Waals surface area contributed by atoms with Crippen molar-refractivity contribution in [2.24, 2.45) is 5.92 Å². The number of aromatic nitrogens is 2. The van der Waals surface area contributed by atoms with Gasteiger partial charge >= 0.3 is 5.97 Å². The van der Waals surface area contributed by atoms with Crippen LogP contribution < -0.4 is 14.8 Å². The molecule has 4 rings (SSSR count). The minimum absolute atomic E-state index is 0.0925. The van der Waals surface area contributed by atoms with Crippen LogP contribution in [-0.4, -0.2) is 36.8 Å². The number of carbonyl (C=O) groups excluding carboxylic acids is 1. The molecular weight excluding hydrogens is 438 g/mol. The molecule has 2 heterocycles. The normalized spacial score (nSPS) is 15.5. The van der Waals surface area contributed by atoms with Crippen LogP contribution in [0.25, 0.3) is 10.9 Å². The van der Waals surface area contributed by atoms with E-state index in [1.807, 2.05) is 6.92 Å². The van der Waals surface area contributed by atoms with E-state index in [2.05, 4.69) is 22.2 Å². The van der Waals surface area contributed by atoms with Crippen LogP contribution in [0.4, 0.5) is 10.8 Å². The summed E-state index contributed by atoms with van der Waals surface area (Å²) in [5.74, 6) is 1.85. The van der Waals surface area contributed by atoms with Gasteiger partial charge in [-0.1, -0.05) is 6.92 Å². The van der Waals surface area contributed by atoms with E-state index in [0.29, 0.717) is 51.3 Å². The van der Waals surface area contributed by atoms with Crippen molar-refractivity contribution in [3.63, 3.8) is 0 Å². The van der Waals surface area contributed by atoms with Crippen molar-refractivity contribution in [3.05, 3.63) is 33.4 Å². The lowest BCUT2D eigenvalue weighted by atomic mass is 9.88. The first-order valence-electron chi connectivity index (χ1n) is 10.1. The largest absolute Gasteiger partial charge is 0.493 e. The van der Waals surface area contributed by atoms with Crippen LogP contribution in [0.2, 0.25) is 5.28 Å². The maximum absolute atomic E-state index is 12.8. The first kappa shape index (κ1) is 21.6. The van der Waals surface area contributed by atoms with Gasteiger partial charge in [0.05, 0.1) is 31.9 Å². The number of nitrogens with one attached hydrogen (secondary N) is 1. The summed E-state index contributed by atoms with van der Waals surface area (Å²) in [6, 6.07) is 3.55. The maximum Gasteiger partial charge on any atom is 0.341 e. The van der Waals surface area contributed by atoms with Gasteiger partial charge in [0.15, 0.2) is 11.5 Å². The fourth-order valence-corrected chi connectivity index (χ4v) is 5.46. The Morgan fingerprint density at radius 1 is 1.26 bits per heavy atom. The molecule has 7 nitrogen and oxygen atoms in total. The standard InChI is InChI=1S/C22H24ClN3O4S/c1-5-30-21(27)18-12-7-6-11(2)8-17(12)31-20(18)25-19-13-9-15(28-3)16(29-4)10-14(13)24-22(23)26-19/h9-11H,5-8H2,1-4H3,(H,24,25,26). The summed E-state index contributed by atoms with van der Waals surface area (Å²) >= 11 is 7.78. The van der Waals surface area contributed by atoms with Crippen molar-refractivity contribution in [1.29, 1.82) is 0 Å². The number of benzene rings is 1.